The summed E-state index contributed by atoms with van der Waals surface area (Å²) in [5.41, 5.74) is 1.03. The maximum atomic E-state index is 12.7. The largest absolute Gasteiger partial charge is 0.378 e. The molecule has 0 radical (unpaired) electrons. The van der Waals surface area contributed by atoms with Crippen molar-refractivity contribution in [1.29, 1.82) is 0 Å². The third-order valence-corrected chi connectivity index (χ3v) is 6.28. The Balaban J connectivity index is 1.84. The van der Waals surface area contributed by atoms with Crippen LogP contribution in [0.4, 0.5) is 11.4 Å². The number of morpholine rings is 1. The van der Waals surface area contributed by atoms with Crippen molar-refractivity contribution in [2.75, 3.05) is 50.0 Å². The molecule has 0 spiro atoms. The van der Waals surface area contributed by atoms with Crippen molar-refractivity contribution in [1.82, 2.24) is 4.90 Å². The molecular weight excluding hydrogens is 366 g/mol. The predicted molar refractivity (Wildman–Crippen MR) is 108 cm³/mol. The normalized spacial score (nSPS) is 21.0. The van der Waals surface area contributed by atoms with E-state index < -0.39 is 0 Å². The van der Waals surface area contributed by atoms with E-state index in [0.29, 0.717) is 42.8 Å². The zero-order valence-electron chi connectivity index (χ0n) is 15.8. The number of carbonyl (C=O) groups is 1. The summed E-state index contributed by atoms with van der Waals surface area (Å²) in [6.45, 7) is 5.85. The van der Waals surface area contributed by atoms with Crippen LogP contribution in [0, 0.1) is 10.1 Å². The smallest absolute Gasteiger partial charge is 0.293 e. The second kappa shape index (κ2) is 9.41. The number of hydrogen-bond acceptors (Lipinski definition) is 6. The number of nitrogens with zero attached hydrogens (tertiary/aromatic N) is 3. The Bertz CT molecular complexity index is 679. The van der Waals surface area contributed by atoms with Gasteiger partial charge in [0.2, 0.25) is 0 Å². The fourth-order valence-corrected chi connectivity index (χ4v) is 4.80. The fraction of sp³-hybridized carbons (Fsp3) is 0.632. The predicted octanol–water partition coefficient (Wildman–Crippen LogP) is 3.18. The quantitative estimate of drug-likeness (QED) is 0.565. The summed E-state index contributed by atoms with van der Waals surface area (Å²) < 4.78 is 5.28. The van der Waals surface area contributed by atoms with Crippen LogP contribution in [0.1, 0.15) is 36.5 Å². The van der Waals surface area contributed by atoms with Crippen molar-refractivity contribution < 1.29 is 14.5 Å². The highest BCUT2D eigenvalue weighted by Gasteiger charge is 2.27. The summed E-state index contributed by atoms with van der Waals surface area (Å²) in [5.74, 6) is 0.886. The maximum Gasteiger partial charge on any atom is 0.293 e. The molecule has 1 amide bonds. The molecule has 7 nitrogen and oxygen atoms in total. The van der Waals surface area contributed by atoms with Gasteiger partial charge < -0.3 is 14.5 Å². The summed E-state index contributed by atoms with van der Waals surface area (Å²) >= 11 is 1.92. The lowest BCUT2D eigenvalue weighted by Crippen LogP contribution is -2.40. The van der Waals surface area contributed by atoms with E-state index in [9.17, 15) is 14.9 Å². The first-order valence-electron chi connectivity index (χ1n) is 9.62. The molecule has 3 rings (SSSR count). The number of rotatable bonds is 5. The molecule has 2 aliphatic heterocycles. The van der Waals surface area contributed by atoms with Gasteiger partial charge in [-0.05, 0) is 30.7 Å². The summed E-state index contributed by atoms with van der Waals surface area (Å²) in [7, 11) is 0. The monoisotopic (exact) mass is 393 g/mol. The molecule has 0 aromatic heterocycles. The molecule has 27 heavy (non-hydrogen) atoms. The molecule has 2 saturated heterocycles. The van der Waals surface area contributed by atoms with Gasteiger partial charge in [0.05, 0.1) is 18.1 Å². The summed E-state index contributed by atoms with van der Waals surface area (Å²) in [5, 5.41) is 12.2. The number of thioether (sulfide) groups is 1. The van der Waals surface area contributed by atoms with E-state index >= 15 is 0 Å². The number of carbonyl (C=O) groups excluding carboxylic acids is 1. The van der Waals surface area contributed by atoms with Crippen LogP contribution in [-0.2, 0) is 4.74 Å². The van der Waals surface area contributed by atoms with Crippen molar-refractivity contribution in [3.8, 4) is 0 Å². The van der Waals surface area contributed by atoms with Crippen LogP contribution < -0.4 is 4.90 Å². The lowest BCUT2D eigenvalue weighted by molar-refractivity contribution is -0.384. The van der Waals surface area contributed by atoms with Crippen LogP contribution >= 0.6 is 11.8 Å². The molecule has 1 aromatic rings. The minimum Gasteiger partial charge on any atom is -0.378 e. The minimum absolute atomic E-state index is 0.0243. The number of hydrogen-bond donors (Lipinski definition) is 0. The zero-order chi connectivity index (χ0) is 19.2. The number of nitro groups is 1. The van der Waals surface area contributed by atoms with E-state index in [1.807, 2.05) is 11.8 Å². The third-order valence-electron chi connectivity index (χ3n) is 5.09. The van der Waals surface area contributed by atoms with Gasteiger partial charge in [-0.25, -0.2) is 0 Å². The highest BCUT2D eigenvalue weighted by atomic mass is 32.2. The van der Waals surface area contributed by atoms with E-state index in [1.165, 1.54) is 6.07 Å². The van der Waals surface area contributed by atoms with E-state index in [4.69, 9.17) is 4.74 Å². The topological polar surface area (TPSA) is 75.9 Å². The Morgan fingerprint density at radius 2 is 2.07 bits per heavy atom. The molecule has 0 bridgehead atoms. The molecule has 0 saturated carbocycles. The molecule has 2 fully saturated rings. The number of nitro benzene ring substituents is 1. The van der Waals surface area contributed by atoms with Crippen LogP contribution in [0.5, 0.6) is 0 Å². The molecule has 1 unspecified atom stereocenters. The van der Waals surface area contributed by atoms with E-state index in [0.717, 1.165) is 38.1 Å². The second-order valence-corrected chi connectivity index (χ2v) is 8.46. The molecule has 1 atom stereocenters. The van der Waals surface area contributed by atoms with Gasteiger partial charge in [0.25, 0.3) is 11.6 Å². The van der Waals surface area contributed by atoms with Crippen molar-refractivity contribution in [2.24, 2.45) is 0 Å². The van der Waals surface area contributed by atoms with E-state index in [1.54, 1.807) is 17.0 Å². The van der Waals surface area contributed by atoms with Crippen molar-refractivity contribution in [3.05, 3.63) is 33.9 Å². The van der Waals surface area contributed by atoms with Gasteiger partial charge in [0.15, 0.2) is 0 Å². The van der Waals surface area contributed by atoms with Crippen LogP contribution in [0.15, 0.2) is 18.2 Å². The number of benzene rings is 1. The first-order chi connectivity index (χ1) is 13.1. The number of anilines is 1. The Hall–Kier alpha value is -1.80. The van der Waals surface area contributed by atoms with Crippen molar-refractivity contribution >= 4 is 29.0 Å². The lowest BCUT2D eigenvalue weighted by atomic mass is 10.1. The summed E-state index contributed by atoms with van der Waals surface area (Å²) in [6, 6.07) is 4.93. The van der Waals surface area contributed by atoms with Gasteiger partial charge in [-0.15, -0.1) is 0 Å². The molecule has 0 aliphatic carbocycles. The summed E-state index contributed by atoms with van der Waals surface area (Å²) in [6.07, 6.45) is 3.33. The Labute approximate surface area is 164 Å². The molecule has 2 heterocycles. The molecule has 2 aliphatic rings. The first-order valence-corrected chi connectivity index (χ1v) is 10.7. The maximum absolute atomic E-state index is 12.7. The lowest BCUT2D eigenvalue weighted by Gasteiger charge is -2.28. The van der Waals surface area contributed by atoms with Crippen LogP contribution in [0.3, 0.4) is 0 Å². The van der Waals surface area contributed by atoms with Crippen LogP contribution in [0.25, 0.3) is 0 Å². The van der Waals surface area contributed by atoms with Gasteiger partial charge in [-0.1, -0.05) is 13.3 Å². The standard InChI is InChI=1S/C19H27N3O4S/c1-2-27-16-5-3-4-8-21(14-16)17-7-6-15(13-18(17)22(24)25)19(23)20-9-11-26-12-10-20/h6-7,13,16H,2-5,8-12,14H2,1H3. The Morgan fingerprint density at radius 1 is 1.30 bits per heavy atom. The van der Waals surface area contributed by atoms with Crippen molar-refractivity contribution in [2.45, 2.75) is 31.4 Å². The zero-order valence-corrected chi connectivity index (χ0v) is 16.6. The first kappa shape index (κ1) is 19.9. The van der Waals surface area contributed by atoms with Crippen molar-refractivity contribution in [3.63, 3.8) is 0 Å². The average Bonchev–Trinajstić information content (AvgIpc) is 2.93. The van der Waals surface area contributed by atoms with Gasteiger partial charge in [-0.3, -0.25) is 14.9 Å². The van der Waals surface area contributed by atoms with E-state index in [2.05, 4.69) is 11.8 Å². The van der Waals surface area contributed by atoms with Gasteiger partial charge >= 0.3 is 0 Å². The number of amides is 1. The highest BCUT2D eigenvalue weighted by molar-refractivity contribution is 7.99. The van der Waals surface area contributed by atoms with E-state index in [-0.39, 0.29) is 16.5 Å². The fourth-order valence-electron chi connectivity index (χ4n) is 3.71. The van der Waals surface area contributed by atoms with Crippen LogP contribution in [0.2, 0.25) is 0 Å². The third kappa shape index (κ3) is 4.93. The summed E-state index contributed by atoms with van der Waals surface area (Å²) in [4.78, 5) is 27.9. The van der Waals surface area contributed by atoms with Gasteiger partial charge in [0.1, 0.15) is 5.69 Å². The molecule has 148 valence electrons. The minimum atomic E-state index is -0.363. The highest BCUT2D eigenvalue weighted by Crippen LogP contribution is 2.33. The SMILES string of the molecule is CCSC1CCCCN(c2ccc(C(=O)N3CCOCC3)cc2[N+](=O)[O-])C1. The average molecular weight is 394 g/mol. The molecule has 1 aromatic carbocycles. The Kier molecular flexibility index (Phi) is 6.95. The second-order valence-electron chi connectivity index (χ2n) is 6.88. The Morgan fingerprint density at radius 3 is 2.78 bits per heavy atom. The number of ether oxygens (including phenoxy) is 1. The van der Waals surface area contributed by atoms with Gasteiger partial charge in [-0.2, -0.15) is 11.8 Å². The van der Waals surface area contributed by atoms with Crippen LogP contribution in [-0.4, -0.2) is 66.1 Å². The molecular formula is C19H27N3O4S. The molecule has 0 N–H and O–H groups in total. The van der Waals surface area contributed by atoms with Gasteiger partial charge in [0, 0.05) is 43.1 Å². The molecule has 8 heteroatoms.